The molecule has 2 rings (SSSR count). The SMILES string of the molecule is Cc1cc(CSc2nc(N)cc(=O)[nH]2)oc1C(=O)NN. The Labute approximate surface area is 117 Å². The second-order valence-corrected chi connectivity index (χ2v) is 4.93. The van der Waals surface area contributed by atoms with Gasteiger partial charge in [-0.2, -0.15) is 0 Å². The summed E-state index contributed by atoms with van der Waals surface area (Å²) in [6.07, 6.45) is 0. The first kappa shape index (κ1) is 14.2. The van der Waals surface area contributed by atoms with Gasteiger partial charge in [-0.1, -0.05) is 11.8 Å². The van der Waals surface area contributed by atoms with Crippen molar-refractivity contribution in [1.82, 2.24) is 15.4 Å². The summed E-state index contributed by atoms with van der Waals surface area (Å²) in [7, 11) is 0. The first-order valence-electron chi connectivity index (χ1n) is 5.59. The average molecular weight is 295 g/mol. The second kappa shape index (κ2) is 5.80. The quantitative estimate of drug-likeness (QED) is 0.207. The van der Waals surface area contributed by atoms with Crippen molar-refractivity contribution in [3.63, 3.8) is 0 Å². The number of aromatic nitrogens is 2. The van der Waals surface area contributed by atoms with Gasteiger partial charge in [0.05, 0.1) is 5.75 Å². The number of hydrazine groups is 1. The molecular formula is C11H13N5O3S. The minimum Gasteiger partial charge on any atom is -0.455 e. The van der Waals surface area contributed by atoms with Gasteiger partial charge in [0, 0.05) is 11.6 Å². The Bertz CT molecular complexity index is 694. The van der Waals surface area contributed by atoms with Crippen LogP contribution in [0.4, 0.5) is 5.82 Å². The summed E-state index contributed by atoms with van der Waals surface area (Å²) in [4.78, 5) is 29.2. The average Bonchev–Trinajstić information content (AvgIpc) is 2.76. The zero-order valence-corrected chi connectivity index (χ0v) is 11.4. The number of H-pyrrole nitrogens is 1. The van der Waals surface area contributed by atoms with Crippen LogP contribution in [0.3, 0.4) is 0 Å². The molecule has 0 aliphatic carbocycles. The molecule has 0 bridgehead atoms. The second-order valence-electron chi connectivity index (χ2n) is 3.96. The molecule has 2 heterocycles. The van der Waals surface area contributed by atoms with Gasteiger partial charge in [-0.3, -0.25) is 15.0 Å². The topological polar surface area (TPSA) is 140 Å². The lowest BCUT2D eigenvalue weighted by Gasteiger charge is -1.99. The van der Waals surface area contributed by atoms with Gasteiger partial charge in [-0.25, -0.2) is 10.8 Å². The van der Waals surface area contributed by atoms with Gasteiger partial charge in [-0.05, 0) is 13.0 Å². The van der Waals surface area contributed by atoms with E-state index >= 15 is 0 Å². The third-order valence-corrected chi connectivity index (χ3v) is 3.29. The number of anilines is 1. The molecule has 0 aliphatic rings. The number of rotatable bonds is 4. The van der Waals surface area contributed by atoms with Crippen molar-refractivity contribution >= 4 is 23.5 Å². The Kier molecular flexibility index (Phi) is 4.11. The summed E-state index contributed by atoms with van der Waals surface area (Å²) < 4.78 is 5.39. The van der Waals surface area contributed by atoms with E-state index in [1.54, 1.807) is 13.0 Å². The highest BCUT2D eigenvalue weighted by atomic mass is 32.2. The highest BCUT2D eigenvalue weighted by molar-refractivity contribution is 7.98. The van der Waals surface area contributed by atoms with E-state index < -0.39 is 5.91 Å². The zero-order chi connectivity index (χ0) is 14.7. The Balaban J connectivity index is 2.11. The molecule has 0 aromatic carbocycles. The standard InChI is InChI=1S/C11H13N5O3S/c1-5-2-6(19-9(5)10(18)16-13)4-20-11-14-7(12)3-8(17)15-11/h2-3H,4,13H2,1H3,(H,16,18)(H3,12,14,15,17). The van der Waals surface area contributed by atoms with E-state index in [2.05, 4.69) is 9.97 Å². The van der Waals surface area contributed by atoms with Gasteiger partial charge < -0.3 is 15.1 Å². The van der Waals surface area contributed by atoms with Crippen molar-refractivity contribution in [3.8, 4) is 0 Å². The maximum atomic E-state index is 11.4. The Morgan fingerprint density at radius 3 is 2.95 bits per heavy atom. The van der Waals surface area contributed by atoms with Crippen LogP contribution in [0, 0.1) is 6.92 Å². The van der Waals surface area contributed by atoms with E-state index in [0.29, 0.717) is 22.2 Å². The number of nitrogens with two attached hydrogens (primary N) is 2. The maximum Gasteiger partial charge on any atom is 0.301 e. The van der Waals surface area contributed by atoms with Crippen LogP contribution in [-0.4, -0.2) is 15.9 Å². The Morgan fingerprint density at radius 2 is 2.30 bits per heavy atom. The minimum atomic E-state index is -0.491. The molecule has 0 unspecified atom stereocenters. The molecule has 9 heteroatoms. The molecule has 2 aromatic heterocycles. The number of furan rings is 1. The molecule has 20 heavy (non-hydrogen) atoms. The number of hydrogen-bond acceptors (Lipinski definition) is 7. The van der Waals surface area contributed by atoms with Gasteiger partial charge in [0.15, 0.2) is 10.9 Å². The highest BCUT2D eigenvalue weighted by Crippen LogP contribution is 2.22. The van der Waals surface area contributed by atoms with E-state index in [0.717, 1.165) is 0 Å². The third kappa shape index (κ3) is 3.19. The van der Waals surface area contributed by atoms with Gasteiger partial charge in [0.1, 0.15) is 11.6 Å². The lowest BCUT2D eigenvalue weighted by Crippen LogP contribution is -2.30. The van der Waals surface area contributed by atoms with E-state index in [1.807, 2.05) is 5.43 Å². The maximum absolute atomic E-state index is 11.4. The van der Waals surface area contributed by atoms with Gasteiger partial charge >= 0.3 is 5.91 Å². The normalized spacial score (nSPS) is 10.5. The monoisotopic (exact) mass is 295 g/mol. The molecule has 0 spiro atoms. The fourth-order valence-electron chi connectivity index (χ4n) is 1.57. The Hall–Kier alpha value is -2.26. The van der Waals surface area contributed by atoms with Crippen molar-refractivity contribution in [2.45, 2.75) is 17.8 Å². The highest BCUT2D eigenvalue weighted by Gasteiger charge is 2.15. The predicted octanol–water partition coefficient (Wildman–Crippen LogP) is 0.149. The molecule has 1 amide bonds. The lowest BCUT2D eigenvalue weighted by atomic mass is 10.2. The summed E-state index contributed by atoms with van der Waals surface area (Å²) in [5.41, 5.74) is 7.85. The van der Waals surface area contributed by atoms with Crippen molar-refractivity contribution < 1.29 is 9.21 Å². The Morgan fingerprint density at radius 1 is 1.55 bits per heavy atom. The zero-order valence-electron chi connectivity index (χ0n) is 10.6. The molecule has 0 fully saturated rings. The number of nitrogens with zero attached hydrogens (tertiary/aromatic N) is 1. The summed E-state index contributed by atoms with van der Waals surface area (Å²) in [5.74, 6) is 5.83. The molecular weight excluding hydrogens is 282 g/mol. The van der Waals surface area contributed by atoms with Crippen LogP contribution in [0.25, 0.3) is 0 Å². The van der Waals surface area contributed by atoms with Crippen molar-refractivity contribution in [2.24, 2.45) is 5.84 Å². The molecule has 0 aliphatic heterocycles. The van der Waals surface area contributed by atoms with Crippen LogP contribution in [-0.2, 0) is 5.75 Å². The summed E-state index contributed by atoms with van der Waals surface area (Å²) >= 11 is 1.24. The number of aryl methyl sites for hydroxylation is 1. The molecule has 0 saturated carbocycles. The van der Waals surface area contributed by atoms with Crippen molar-refractivity contribution in [3.05, 3.63) is 39.6 Å². The number of hydrogen-bond donors (Lipinski definition) is 4. The van der Waals surface area contributed by atoms with Crippen LogP contribution >= 0.6 is 11.8 Å². The third-order valence-electron chi connectivity index (χ3n) is 2.40. The van der Waals surface area contributed by atoms with Gasteiger partial charge in [-0.15, -0.1) is 0 Å². The summed E-state index contributed by atoms with van der Waals surface area (Å²) in [6, 6.07) is 2.92. The molecule has 8 nitrogen and oxygen atoms in total. The van der Waals surface area contributed by atoms with Crippen LogP contribution in [0.1, 0.15) is 21.9 Å². The van der Waals surface area contributed by atoms with Gasteiger partial charge in [0.2, 0.25) is 0 Å². The van der Waals surface area contributed by atoms with Crippen molar-refractivity contribution in [1.29, 1.82) is 0 Å². The number of carbonyl (C=O) groups is 1. The van der Waals surface area contributed by atoms with Crippen molar-refractivity contribution in [2.75, 3.05) is 5.73 Å². The van der Waals surface area contributed by atoms with Crippen LogP contribution in [0.2, 0.25) is 0 Å². The van der Waals surface area contributed by atoms with E-state index in [4.69, 9.17) is 16.0 Å². The first-order chi connectivity index (χ1) is 9.49. The molecule has 106 valence electrons. The molecule has 6 N–H and O–H groups in total. The summed E-state index contributed by atoms with van der Waals surface area (Å²) in [5, 5.41) is 0.383. The molecule has 0 radical (unpaired) electrons. The summed E-state index contributed by atoms with van der Waals surface area (Å²) in [6.45, 7) is 1.74. The largest absolute Gasteiger partial charge is 0.455 e. The number of thioether (sulfide) groups is 1. The molecule has 0 saturated heterocycles. The molecule has 0 atom stereocenters. The minimum absolute atomic E-state index is 0.148. The van der Waals surface area contributed by atoms with E-state index in [9.17, 15) is 9.59 Å². The van der Waals surface area contributed by atoms with E-state index in [-0.39, 0.29) is 17.1 Å². The van der Waals surface area contributed by atoms with Crippen LogP contribution < -0.4 is 22.6 Å². The number of aromatic amines is 1. The number of amides is 1. The van der Waals surface area contributed by atoms with Gasteiger partial charge in [0.25, 0.3) is 5.56 Å². The molecule has 2 aromatic rings. The first-order valence-corrected chi connectivity index (χ1v) is 6.58. The smallest absolute Gasteiger partial charge is 0.301 e. The fourth-order valence-corrected chi connectivity index (χ4v) is 2.34. The number of nitrogen functional groups attached to an aromatic ring is 2. The van der Waals surface area contributed by atoms with Crippen LogP contribution in [0.15, 0.2) is 26.5 Å². The fraction of sp³-hybridized carbons (Fsp3) is 0.182. The number of nitrogens with one attached hydrogen (secondary N) is 2. The predicted molar refractivity (Wildman–Crippen MR) is 73.9 cm³/mol. The van der Waals surface area contributed by atoms with E-state index in [1.165, 1.54) is 17.8 Å². The number of carbonyl (C=O) groups excluding carboxylic acids is 1. The lowest BCUT2D eigenvalue weighted by molar-refractivity contribution is 0.0923. The van der Waals surface area contributed by atoms with Crippen LogP contribution in [0.5, 0.6) is 0 Å².